The van der Waals surface area contributed by atoms with Gasteiger partial charge in [-0.15, -0.1) is 15.3 Å². The molecule has 134 valence electrons. The molecule has 1 aromatic carbocycles. The topological polar surface area (TPSA) is 167 Å². The van der Waals surface area contributed by atoms with Gasteiger partial charge in [0.05, 0.1) is 6.20 Å². The second-order valence-electron chi connectivity index (χ2n) is 5.07. The Balaban J connectivity index is 1.66. The number of rotatable bonds is 4. The van der Waals surface area contributed by atoms with Crippen molar-refractivity contribution in [2.75, 3.05) is 0 Å². The van der Waals surface area contributed by atoms with Crippen LogP contribution in [0.2, 0.25) is 0 Å². The summed E-state index contributed by atoms with van der Waals surface area (Å²) in [6.45, 7) is 1.62. The summed E-state index contributed by atoms with van der Waals surface area (Å²) >= 11 is 1.09. The van der Waals surface area contributed by atoms with Crippen LogP contribution in [0, 0.1) is 6.92 Å². The van der Waals surface area contributed by atoms with Crippen LogP contribution in [0.3, 0.4) is 0 Å². The number of nitrogens with zero attached hydrogens (tertiary/aromatic N) is 9. The van der Waals surface area contributed by atoms with E-state index in [0.29, 0.717) is 21.9 Å². The summed E-state index contributed by atoms with van der Waals surface area (Å²) in [7, 11) is 0. The second kappa shape index (κ2) is 6.80. The number of benzene rings is 1. The van der Waals surface area contributed by atoms with E-state index in [2.05, 4.69) is 44.9 Å². The lowest BCUT2D eigenvalue weighted by molar-refractivity contribution is 0.420. The molecule has 27 heavy (non-hydrogen) atoms. The Hall–Kier alpha value is -3.87. The lowest BCUT2D eigenvalue weighted by Gasteiger charge is -2.02. The van der Waals surface area contributed by atoms with Gasteiger partial charge in [0.15, 0.2) is 22.3 Å². The van der Waals surface area contributed by atoms with Gasteiger partial charge in [-0.3, -0.25) is 0 Å². The molecule has 0 saturated heterocycles. The zero-order valence-corrected chi connectivity index (χ0v) is 14.4. The minimum Gasteiger partial charge on any atom is -0.505 e. The summed E-state index contributed by atoms with van der Waals surface area (Å²) in [5.74, 6) is -0.342. The summed E-state index contributed by atoms with van der Waals surface area (Å²) in [5, 5.41) is 39.7. The number of hydrogen-bond acceptors (Lipinski definition) is 13. The van der Waals surface area contributed by atoms with E-state index in [-0.39, 0.29) is 23.1 Å². The van der Waals surface area contributed by atoms with E-state index in [1.54, 1.807) is 13.1 Å². The quantitative estimate of drug-likeness (QED) is 0.498. The number of phenols is 2. The fraction of sp³-hybridized carbons (Fsp3) is 0.0714. The Morgan fingerprint density at radius 1 is 1.11 bits per heavy atom. The SMILES string of the molecule is Cc1noc(/N=N/c2c(O)ccc(/N=N/c3snc4cncnc34)c2O)n1. The van der Waals surface area contributed by atoms with Crippen LogP contribution in [-0.2, 0) is 0 Å². The van der Waals surface area contributed by atoms with Gasteiger partial charge in [-0.05, 0) is 30.6 Å². The summed E-state index contributed by atoms with van der Waals surface area (Å²) in [6.07, 6.45) is 2.94. The average Bonchev–Trinajstić information content (AvgIpc) is 3.27. The van der Waals surface area contributed by atoms with Gasteiger partial charge in [0, 0.05) is 0 Å². The Labute approximate surface area is 154 Å². The molecule has 3 aromatic heterocycles. The van der Waals surface area contributed by atoms with E-state index in [4.69, 9.17) is 4.52 Å². The standard InChI is InChI=1S/C14H9N9O3S/c1-6-17-14(26-22-6)21-19-11-9(24)3-2-7(12(11)25)18-20-13-10-8(23-27-13)4-15-5-16-10/h2-5,24-25H,1H3/b20-18+,21-19+. The van der Waals surface area contributed by atoms with Gasteiger partial charge < -0.3 is 14.7 Å². The van der Waals surface area contributed by atoms with Crippen molar-refractivity contribution in [1.82, 2.24) is 24.5 Å². The van der Waals surface area contributed by atoms with Crippen LogP contribution in [0.25, 0.3) is 11.0 Å². The maximum absolute atomic E-state index is 10.3. The second-order valence-corrected chi connectivity index (χ2v) is 5.82. The molecule has 0 spiro atoms. The monoisotopic (exact) mass is 383 g/mol. The largest absolute Gasteiger partial charge is 0.505 e. The van der Waals surface area contributed by atoms with Crippen molar-refractivity contribution < 1.29 is 14.7 Å². The van der Waals surface area contributed by atoms with E-state index in [1.165, 1.54) is 18.5 Å². The maximum Gasteiger partial charge on any atom is 0.366 e. The van der Waals surface area contributed by atoms with Gasteiger partial charge in [-0.2, -0.15) is 9.36 Å². The third kappa shape index (κ3) is 3.30. The Morgan fingerprint density at radius 2 is 2.00 bits per heavy atom. The van der Waals surface area contributed by atoms with E-state index < -0.39 is 5.75 Å². The van der Waals surface area contributed by atoms with Gasteiger partial charge in [-0.1, -0.05) is 10.3 Å². The van der Waals surface area contributed by atoms with E-state index >= 15 is 0 Å². The molecule has 12 nitrogen and oxygen atoms in total. The Bertz CT molecular complexity index is 1180. The van der Waals surface area contributed by atoms with Gasteiger partial charge in [0.2, 0.25) is 0 Å². The molecule has 4 rings (SSSR count). The molecule has 0 fully saturated rings. The van der Waals surface area contributed by atoms with Crippen molar-refractivity contribution >= 4 is 45.0 Å². The number of hydrogen-bond donors (Lipinski definition) is 2. The molecule has 0 saturated carbocycles. The number of aryl methyl sites for hydroxylation is 1. The lowest BCUT2D eigenvalue weighted by atomic mass is 10.2. The lowest BCUT2D eigenvalue weighted by Crippen LogP contribution is -1.76. The summed E-state index contributed by atoms with van der Waals surface area (Å²) in [4.78, 5) is 11.8. The number of aromatic nitrogens is 5. The minimum atomic E-state index is -0.415. The van der Waals surface area contributed by atoms with Crippen LogP contribution < -0.4 is 0 Å². The third-order valence-corrected chi connectivity index (χ3v) is 3.97. The molecule has 0 unspecified atom stereocenters. The molecule has 4 aromatic rings. The fourth-order valence-electron chi connectivity index (χ4n) is 2.01. The molecule has 0 radical (unpaired) electrons. The first-order chi connectivity index (χ1) is 13.1. The van der Waals surface area contributed by atoms with E-state index in [0.717, 1.165) is 11.5 Å². The van der Waals surface area contributed by atoms with Crippen LogP contribution in [0.15, 0.2) is 49.6 Å². The summed E-state index contributed by atoms with van der Waals surface area (Å²) < 4.78 is 8.94. The number of azo groups is 2. The third-order valence-electron chi connectivity index (χ3n) is 3.24. The summed E-state index contributed by atoms with van der Waals surface area (Å²) in [5.41, 5.74) is 0.997. The highest BCUT2D eigenvalue weighted by molar-refractivity contribution is 7.11. The van der Waals surface area contributed by atoms with Crippen molar-refractivity contribution in [3.05, 3.63) is 30.5 Å². The first-order valence-corrected chi connectivity index (χ1v) is 8.13. The predicted octanol–water partition coefficient (Wildman–Crippen LogP) is 4.02. The molecule has 13 heteroatoms. The smallest absolute Gasteiger partial charge is 0.366 e. The van der Waals surface area contributed by atoms with Crippen LogP contribution in [-0.4, -0.2) is 34.7 Å². The Morgan fingerprint density at radius 3 is 2.81 bits per heavy atom. The number of fused-ring (bicyclic) bond motifs is 1. The van der Waals surface area contributed by atoms with Gasteiger partial charge in [0.1, 0.15) is 28.8 Å². The first-order valence-electron chi connectivity index (χ1n) is 7.36. The first kappa shape index (κ1) is 16.6. The highest BCUT2D eigenvalue weighted by atomic mass is 32.1. The van der Waals surface area contributed by atoms with E-state index in [9.17, 15) is 10.2 Å². The molecule has 2 N–H and O–H groups in total. The van der Waals surface area contributed by atoms with Gasteiger partial charge >= 0.3 is 6.01 Å². The van der Waals surface area contributed by atoms with Gasteiger partial charge in [-0.25, -0.2) is 9.97 Å². The Kier molecular flexibility index (Phi) is 4.18. The van der Waals surface area contributed by atoms with Gasteiger partial charge in [0.25, 0.3) is 0 Å². The zero-order valence-electron chi connectivity index (χ0n) is 13.5. The predicted molar refractivity (Wildman–Crippen MR) is 92.4 cm³/mol. The average molecular weight is 383 g/mol. The van der Waals surface area contributed by atoms with Crippen molar-refractivity contribution in [3.63, 3.8) is 0 Å². The molecular formula is C14H9N9O3S. The van der Waals surface area contributed by atoms with Crippen molar-refractivity contribution in [3.8, 4) is 11.5 Å². The van der Waals surface area contributed by atoms with Crippen LogP contribution in [0.4, 0.5) is 22.4 Å². The van der Waals surface area contributed by atoms with E-state index in [1.807, 2.05) is 0 Å². The molecule has 3 heterocycles. The van der Waals surface area contributed by atoms with Crippen molar-refractivity contribution in [1.29, 1.82) is 0 Å². The van der Waals surface area contributed by atoms with Crippen LogP contribution >= 0.6 is 11.5 Å². The van der Waals surface area contributed by atoms with Crippen LogP contribution in [0.5, 0.6) is 11.5 Å². The number of phenolic OH excluding ortho intramolecular Hbond substituents is 2. The molecule has 0 bridgehead atoms. The number of aromatic hydroxyl groups is 2. The molecule has 0 aliphatic carbocycles. The molecular weight excluding hydrogens is 374 g/mol. The molecule has 0 atom stereocenters. The summed E-state index contributed by atoms with van der Waals surface area (Å²) in [6, 6.07) is 2.56. The molecule has 0 aliphatic rings. The maximum atomic E-state index is 10.3. The highest BCUT2D eigenvalue weighted by Gasteiger charge is 2.14. The molecule has 0 amide bonds. The fourth-order valence-corrected chi connectivity index (χ4v) is 2.65. The molecule has 0 aliphatic heterocycles. The normalized spacial score (nSPS) is 11.9. The van der Waals surface area contributed by atoms with Crippen LogP contribution in [0.1, 0.15) is 5.82 Å². The zero-order chi connectivity index (χ0) is 18.8. The highest BCUT2D eigenvalue weighted by Crippen LogP contribution is 2.44. The minimum absolute atomic E-state index is 0.0686. The van der Waals surface area contributed by atoms with Crippen molar-refractivity contribution in [2.45, 2.75) is 6.92 Å². The van der Waals surface area contributed by atoms with Crippen molar-refractivity contribution in [2.24, 2.45) is 20.5 Å².